The zero-order chi connectivity index (χ0) is 12.4. The summed E-state index contributed by atoms with van der Waals surface area (Å²) in [6.07, 6.45) is 1.50. The van der Waals surface area contributed by atoms with Gasteiger partial charge in [0, 0.05) is 0 Å². The number of carbonyl (C=O) groups is 1. The normalized spacial score (nSPS) is 10.3. The van der Waals surface area contributed by atoms with E-state index in [9.17, 15) is 13.6 Å². The second kappa shape index (κ2) is 4.89. The molecule has 0 aliphatic heterocycles. The number of carbonyl (C=O) groups excluding carboxylic acids is 1. The highest BCUT2D eigenvalue weighted by molar-refractivity contribution is 9.11. The van der Waals surface area contributed by atoms with Gasteiger partial charge < -0.3 is 0 Å². The third-order valence-corrected chi connectivity index (χ3v) is 3.26. The molecule has 1 aromatic heterocycles. The van der Waals surface area contributed by atoms with E-state index in [4.69, 9.17) is 0 Å². The Morgan fingerprint density at radius 3 is 2.82 bits per heavy atom. The molecule has 0 aliphatic rings. The molecule has 1 amide bonds. The molecule has 17 heavy (non-hydrogen) atoms. The van der Waals surface area contributed by atoms with Crippen molar-refractivity contribution in [1.82, 2.24) is 4.98 Å². The fourth-order valence-corrected chi connectivity index (χ4v) is 2.25. The number of nitrogens with one attached hydrogen (secondary N) is 1. The number of hydrogen-bond donors (Lipinski definition) is 1. The minimum absolute atomic E-state index is 0.311. The van der Waals surface area contributed by atoms with E-state index in [0.717, 1.165) is 22.0 Å². The highest BCUT2D eigenvalue weighted by Crippen LogP contribution is 2.23. The molecule has 2 aromatic rings. The summed E-state index contributed by atoms with van der Waals surface area (Å²) in [4.78, 5) is 15.5. The number of amides is 1. The molecule has 0 bridgehead atoms. The summed E-state index contributed by atoms with van der Waals surface area (Å²) in [6, 6.07) is 2.70. The molecular weight excluding hydrogens is 314 g/mol. The minimum atomic E-state index is -0.778. The van der Waals surface area contributed by atoms with Gasteiger partial charge in [-0.2, -0.15) is 0 Å². The maximum Gasteiger partial charge on any atom is 0.260 e. The Labute approximate surface area is 108 Å². The van der Waals surface area contributed by atoms with Gasteiger partial charge in [-0.05, 0) is 34.1 Å². The van der Waals surface area contributed by atoms with E-state index in [1.807, 2.05) is 0 Å². The van der Waals surface area contributed by atoms with Gasteiger partial charge in [0.25, 0.3) is 5.91 Å². The van der Waals surface area contributed by atoms with Crippen molar-refractivity contribution in [2.45, 2.75) is 0 Å². The fraction of sp³-hybridized carbons (Fsp3) is 0. The number of hydrogen-bond acceptors (Lipinski definition) is 3. The van der Waals surface area contributed by atoms with Crippen molar-refractivity contribution in [2.75, 3.05) is 5.32 Å². The van der Waals surface area contributed by atoms with Gasteiger partial charge in [-0.25, -0.2) is 13.8 Å². The molecular formula is C10H5BrF2N2OS. The molecule has 0 unspecified atom stereocenters. The molecule has 0 aliphatic carbocycles. The Kier molecular flexibility index (Phi) is 3.49. The SMILES string of the molecule is O=C(Nc1ncc(Br)s1)c1cc(F)ccc1F. The fourth-order valence-electron chi connectivity index (χ4n) is 1.15. The Balaban J connectivity index is 2.22. The predicted octanol–water partition coefficient (Wildman–Crippen LogP) is 3.44. The largest absolute Gasteiger partial charge is 0.298 e. The molecule has 0 fully saturated rings. The van der Waals surface area contributed by atoms with Crippen LogP contribution in [0.1, 0.15) is 10.4 Å². The first-order chi connectivity index (χ1) is 8.06. The van der Waals surface area contributed by atoms with E-state index in [2.05, 4.69) is 26.2 Å². The molecule has 0 atom stereocenters. The van der Waals surface area contributed by atoms with Gasteiger partial charge in [0.1, 0.15) is 11.6 Å². The average Bonchev–Trinajstić information content (AvgIpc) is 2.67. The maximum absolute atomic E-state index is 13.3. The maximum atomic E-state index is 13.3. The van der Waals surface area contributed by atoms with Crippen LogP contribution in [-0.2, 0) is 0 Å². The first-order valence-electron chi connectivity index (χ1n) is 4.44. The molecule has 1 N–H and O–H groups in total. The highest BCUT2D eigenvalue weighted by Gasteiger charge is 2.14. The number of nitrogens with zero attached hydrogens (tertiary/aromatic N) is 1. The van der Waals surface area contributed by atoms with Crippen molar-refractivity contribution in [3.63, 3.8) is 0 Å². The lowest BCUT2D eigenvalue weighted by atomic mass is 10.2. The summed E-state index contributed by atoms with van der Waals surface area (Å²) in [7, 11) is 0. The second-order valence-electron chi connectivity index (χ2n) is 3.05. The predicted molar refractivity (Wildman–Crippen MR) is 64.1 cm³/mol. The summed E-state index contributed by atoms with van der Waals surface area (Å²) >= 11 is 4.35. The van der Waals surface area contributed by atoms with Crippen LogP contribution < -0.4 is 5.32 Å². The van der Waals surface area contributed by atoms with Crippen LogP contribution in [0.3, 0.4) is 0 Å². The zero-order valence-electron chi connectivity index (χ0n) is 8.21. The van der Waals surface area contributed by atoms with Crippen molar-refractivity contribution in [3.8, 4) is 0 Å². The quantitative estimate of drug-likeness (QED) is 0.921. The molecule has 3 nitrogen and oxygen atoms in total. The second-order valence-corrected chi connectivity index (χ2v) is 5.46. The molecule has 7 heteroatoms. The molecule has 0 saturated carbocycles. The summed E-state index contributed by atoms with van der Waals surface area (Å²) in [5.41, 5.74) is -0.351. The summed E-state index contributed by atoms with van der Waals surface area (Å²) in [5.74, 6) is -2.18. The van der Waals surface area contributed by atoms with E-state index < -0.39 is 17.5 Å². The molecule has 1 aromatic carbocycles. The lowest BCUT2D eigenvalue weighted by Gasteiger charge is -2.02. The van der Waals surface area contributed by atoms with Crippen LogP contribution >= 0.6 is 27.3 Å². The van der Waals surface area contributed by atoms with E-state index >= 15 is 0 Å². The van der Waals surface area contributed by atoms with Gasteiger partial charge in [0.05, 0.1) is 15.5 Å². The van der Waals surface area contributed by atoms with Gasteiger partial charge in [-0.15, -0.1) is 0 Å². The highest BCUT2D eigenvalue weighted by atomic mass is 79.9. The van der Waals surface area contributed by atoms with Gasteiger partial charge in [0.15, 0.2) is 5.13 Å². The van der Waals surface area contributed by atoms with Crippen LogP contribution in [0.25, 0.3) is 0 Å². The third kappa shape index (κ3) is 2.86. The third-order valence-electron chi connectivity index (χ3n) is 1.87. The van der Waals surface area contributed by atoms with E-state index in [1.54, 1.807) is 0 Å². The number of benzene rings is 1. The number of anilines is 1. The van der Waals surface area contributed by atoms with E-state index in [0.29, 0.717) is 5.13 Å². The van der Waals surface area contributed by atoms with Crippen molar-refractivity contribution in [2.24, 2.45) is 0 Å². The van der Waals surface area contributed by atoms with E-state index in [1.165, 1.54) is 17.5 Å². The van der Waals surface area contributed by atoms with Gasteiger partial charge >= 0.3 is 0 Å². The Hall–Kier alpha value is -1.34. The number of halogens is 3. The van der Waals surface area contributed by atoms with Gasteiger partial charge in [0.2, 0.25) is 0 Å². The lowest BCUT2D eigenvalue weighted by Crippen LogP contribution is -2.13. The smallest absolute Gasteiger partial charge is 0.260 e. The summed E-state index contributed by atoms with van der Waals surface area (Å²) < 4.78 is 26.9. The Morgan fingerprint density at radius 2 is 2.18 bits per heavy atom. The number of aromatic nitrogens is 1. The monoisotopic (exact) mass is 318 g/mol. The van der Waals surface area contributed by atoms with E-state index in [-0.39, 0.29) is 5.56 Å². The van der Waals surface area contributed by atoms with Crippen molar-refractivity contribution in [3.05, 3.63) is 45.4 Å². The van der Waals surface area contributed by atoms with Crippen LogP contribution in [0.4, 0.5) is 13.9 Å². The first kappa shape index (κ1) is 12.1. The standard InChI is InChI=1S/C10H5BrF2N2OS/c11-8-4-14-10(17-8)15-9(16)6-3-5(12)1-2-7(6)13/h1-4H,(H,14,15,16). The summed E-state index contributed by atoms with van der Waals surface area (Å²) in [5, 5.41) is 2.69. The average molecular weight is 319 g/mol. The molecule has 0 saturated heterocycles. The van der Waals surface area contributed by atoms with Crippen LogP contribution in [0, 0.1) is 11.6 Å². The first-order valence-corrected chi connectivity index (χ1v) is 6.05. The van der Waals surface area contributed by atoms with Crippen LogP contribution in [0.2, 0.25) is 0 Å². The molecule has 2 rings (SSSR count). The molecule has 1 heterocycles. The van der Waals surface area contributed by atoms with Gasteiger partial charge in [-0.3, -0.25) is 10.1 Å². The van der Waals surface area contributed by atoms with Crippen molar-refractivity contribution < 1.29 is 13.6 Å². The summed E-state index contributed by atoms with van der Waals surface area (Å²) in [6.45, 7) is 0. The van der Waals surface area contributed by atoms with Gasteiger partial charge in [-0.1, -0.05) is 11.3 Å². The van der Waals surface area contributed by atoms with Crippen LogP contribution in [-0.4, -0.2) is 10.9 Å². The molecule has 0 spiro atoms. The lowest BCUT2D eigenvalue weighted by molar-refractivity contribution is 0.102. The van der Waals surface area contributed by atoms with Crippen molar-refractivity contribution >= 4 is 38.3 Å². The Morgan fingerprint density at radius 1 is 1.41 bits per heavy atom. The topological polar surface area (TPSA) is 42.0 Å². The zero-order valence-corrected chi connectivity index (χ0v) is 10.6. The van der Waals surface area contributed by atoms with Crippen LogP contribution in [0.5, 0.6) is 0 Å². The number of rotatable bonds is 2. The van der Waals surface area contributed by atoms with Crippen molar-refractivity contribution in [1.29, 1.82) is 0 Å². The molecule has 0 radical (unpaired) electrons. The number of thiazole rings is 1. The minimum Gasteiger partial charge on any atom is -0.298 e. The molecule has 88 valence electrons. The van der Waals surface area contributed by atoms with Crippen LogP contribution in [0.15, 0.2) is 28.2 Å². The Bertz CT molecular complexity index is 573.